The van der Waals surface area contributed by atoms with Crippen LogP contribution in [-0.4, -0.2) is 33.1 Å². The molecule has 0 bridgehead atoms. The lowest BCUT2D eigenvalue weighted by Crippen LogP contribution is -2.02. The van der Waals surface area contributed by atoms with Gasteiger partial charge in [-0.15, -0.1) is 0 Å². The molecule has 0 unspecified atom stereocenters. The minimum atomic E-state index is 0.655. The predicted molar refractivity (Wildman–Crippen MR) is 133 cm³/mol. The molecule has 0 saturated carbocycles. The normalized spacial score (nSPS) is 11.2. The maximum atomic E-state index is 6.03. The summed E-state index contributed by atoms with van der Waals surface area (Å²) in [5.74, 6) is 1.59. The number of aryl methyl sites for hydroxylation is 2. The smallest absolute Gasteiger partial charge is 0.146 e. The van der Waals surface area contributed by atoms with Gasteiger partial charge in [-0.05, 0) is 63.8 Å². The molecule has 4 aromatic rings. The van der Waals surface area contributed by atoms with E-state index in [9.17, 15) is 0 Å². The zero-order valence-electron chi connectivity index (χ0n) is 18.1. The van der Waals surface area contributed by atoms with Crippen LogP contribution in [0.3, 0.4) is 0 Å². The first-order valence-corrected chi connectivity index (χ1v) is 12.2. The Labute approximate surface area is 204 Å². The summed E-state index contributed by atoms with van der Waals surface area (Å²) in [7, 11) is 0. The third kappa shape index (κ3) is 5.35. The quantitative estimate of drug-likeness (QED) is 0.212. The molecule has 0 N–H and O–H groups in total. The lowest BCUT2D eigenvalue weighted by molar-refractivity contribution is 0.290. The van der Waals surface area contributed by atoms with Gasteiger partial charge in [0.25, 0.3) is 0 Å². The van der Waals surface area contributed by atoms with Crippen molar-refractivity contribution in [2.45, 2.75) is 39.5 Å². The molecule has 2 aromatic heterocycles. The van der Waals surface area contributed by atoms with Crippen LogP contribution < -0.4 is 9.47 Å². The van der Waals surface area contributed by atoms with Crippen LogP contribution in [-0.2, 0) is 0 Å². The molecule has 2 heterocycles. The monoisotopic (exact) mass is 558 g/mol. The summed E-state index contributed by atoms with van der Waals surface area (Å²) < 4.78 is 14.0. The molecule has 0 fully saturated rings. The summed E-state index contributed by atoms with van der Waals surface area (Å²) in [4.78, 5) is 17.3. The second kappa shape index (κ2) is 10.5. The topological polar surface area (TPSA) is 70.0 Å². The Morgan fingerprint density at radius 2 is 1.06 bits per heavy atom. The lowest BCUT2D eigenvalue weighted by atomic mass is 10.2. The minimum absolute atomic E-state index is 0.655. The fraction of sp³-hybridized carbons (Fsp3) is 0.333. The summed E-state index contributed by atoms with van der Waals surface area (Å²) in [6.45, 7) is 5.27. The van der Waals surface area contributed by atoms with Crippen molar-refractivity contribution in [3.63, 3.8) is 0 Å². The number of hydrogen-bond donors (Lipinski definition) is 0. The van der Waals surface area contributed by atoms with Crippen LogP contribution >= 0.6 is 31.9 Å². The van der Waals surface area contributed by atoms with E-state index in [4.69, 9.17) is 9.47 Å². The van der Waals surface area contributed by atoms with Gasteiger partial charge in [0, 0.05) is 31.1 Å². The van der Waals surface area contributed by atoms with Crippen molar-refractivity contribution in [2.75, 3.05) is 13.2 Å². The molecule has 0 aliphatic carbocycles. The molecule has 0 aliphatic rings. The molecule has 0 saturated heterocycles. The number of aromatic nitrogens is 4. The van der Waals surface area contributed by atoms with Crippen LogP contribution in [0, 0.1) is 13.8 Å². The Morgan fingerprint density at radius 1 is 0.625 bits per heavy atom. The van der Waals surface area contributed by atoms with Crippen molar-refractivity contribution in [2.24, 2.45) is 0 Å². The number of halogens is 2. The van der Waals surface area contributed by atoms with Gasteiger partial charge < -0.3 is 9.47 Å². The summed E-state index contributed by atoms with van der Waals surface area (Å²) >= 11 is 7.10. The van der Waals surface area contributed by atoms with Crippen LogP contribution in [0.5, 0.6) is 11.5 Å². The highest BCUT2D eigenvalue weighted by molar-refractivity contribution is 9.10. The van der Waals surface area contributed by atoms with Gasteiger partial charge in [0.15, 0.2) is 0 Å². The molecule has 0 spiro atoms. The zero-order valence-corrected chi connectivity index (χ0v) is 21.2. The highest BCUT2D eigenvalue weighted by Crippen LogP contribution is 2.31. The molecule has 4 rings (SSSR count). The largest absolute Gasteiger partial charge is 0.491 e. The number of fused-ring (bicyclic) bond motifs is 2. The minimum Gasteiger partial charge on any atom is -0.491 e. The zero-order chi connectivity index (χ0) is 22.5. The Hall–Kier alpha value is -2.32. The van der Waals surface area contributed by atoms with Gasteiger partial charge in [0.2, 0.25) is 0 Å². The lowest BCUT2D eigenvalue weighted by Gasteiger charge is -2.11. The Morgan fingerprint density at radius 3 is 1.50 bits per heavy atom. The standard InChI is InChI=1S/C24H24Br2N4O2/c1-15-19-9-17(25)11-21(23(19)29-13-27-15)31-7-5-3-4-6-8-32-22-12-18(26)10-20-16(2)28-14-30-24(20)22/h9-14H,3-8H2,1-2H3. The first-order valence-electron chi connectivity index (χ1n) is 10.6. The Kier molecular flexibility index (Phi) is 7.52. The van der Waals surface area contributed by atoms with Gasteiger partial charge in [-0.1, -0.05) is 31.9 Å². The van der Waals surface area contributed by atoms with Gasteiger partial charge in [-0.25, -0.2) is 19.9 Å². The van der Waals surface area contributed by atoms with Gasteiger partial charge in [-0.2, -0.15) is 0 Å². The van der Waals surface area contributed by atoms with E-state index in [0.29, 0.717) is 13.2 Å². The van der Waals surface area contributed by atoms with Gasteiger partial charge >= 0.3 is 0 Å². The molecule has 8 heteroatoms. The SMILES string of the molecule is Cc1ncnc2c(OCCCCCCOc3cc(Br)cc4c(C)ncnc34)cc(Br)cc12. The van der Waals surface area contributed by atoms with Crippen molar-refractivity contribution < 1.29 is 9.47 Å². The van der Waals surface area contributed by atoms with Crippen LogP contribution in [0.4, 0.5) is 0 Å². The van der Waals surface area contributed by atoms with Gasteiger partial charge in [0.1, 0.15) is 35.2 Å². The van der Waals surface area contributed by atoms with Crippen molar-refractivity contribution in [3.8, 4) is 11.5 Å². The third-order valence-corrected chi connectivity index (χ3v) is 6.20. The number of nitrogens with zero attached hydrogens (tertiary/aromatic N) is 4. The van der Waals surface area contributed by atoms with E-state index in [1.165, 1.54) is 0 Å². The second-order valence-corrected chi connectivity index (χ2v) is 9.46. The average Bonchev–Trinajstić information content (AvgIpc) is 2.77. The highest BCUT2D eigenvalue weighted by Gasteiger charge is 2.10. The fourth-order valence-corrected chi connectivity index (χ4v) is 4.47. The summed E-state index contributed by atoms with van der Waals surface area (Å²) in [6, 6.07) is 7.99. The van der Waals surface area contributed by atoms with Crippen LogP contribution in [0.2, 0.25) is 0 Å². The van der Waals surface area contributed by atoms with Gasteiger partial charge in [-0.3, -0.25) is 0 Å². The van der Waals surface area contributed by atoms with Crippen molar-refractivity contribution >= 4 is 53.7 Å². The molecular weight excluding hydrogens is 536 g/mol. The molecule has 0 atom stereocenters. The summed E-state index contributed by atoms with van der Waals surface area (Å²) in [6.07, 6.45) is 7.27. The van der Waals surface area contributed by atoms with Gasteiger partial charge in [0.05, 0.1) is 13.2 Å². The van der Waals surface area contributed by atoms with E-state index in [0.717, 1.165) is 79.3 Å². The van der Waals surface area contributed by atoms with E-state index in [1.807, 2.05) is 38.1 Å². The average molecular weight is 560 g/mol. The number of rotatable bonds is 9. The molecule has 2 aromatic carbocycles. The Balaban J connectivity index is 1.23. The summed E-state index contributed by atoms with van der Waals surface area (Å²) in [5, 5.41) is 2.02. The van der Waals surface area contributed by atoms with Crippen LogP contribution in [0.25, 0.3) is 21.8 Å². The third-order valence-electron chi connectivity index (χ3n) is 5.29. The number of ether oxygens (including phenoxy) is 2. The number of unbranched alkanes of at least 4 members (excludes halogenated alkanes) is 3. The van der Waals surface area contributed by atoms with E-state index >= 15 is 0 Å². The van der Waals surface area contributed by atoms with Crippen LogP contribution in [0.1, 0.15) is 37.1 Å². The molecular formula is C24H24Br2N4O2. The van der Waals surface area contributed by atoms with Crippen molar-refractivity contribution in [1.29, 1.82) is 0 Å². The second-order valence-electron chi connectivity index (χ2n) is 7.63. The first-order chi connectivity index (χ1) is 15.5. The van der Waals surface area contributed by atoms with E-state index in [2.05, 4.69) is 51.8 Å². The molecule has 0 radical (unpaired) electrons. The molecule has 166 valence electrons. The van der Waals surface area contributed by atoms with Crippen LogP contribution in [0.15, 0.2) is 45.9 Å². The first kappa shape index (κ1) is 22.9. The van der Waals surface area contributed by atoms with E-state index < -0.39 is 0 Å². The number of benzene rings is 2. The highest BCUT2D eigenvalue weighted by atomic mass is 79.9. The predicted octanol–water partition coefficient (Wildman–Crippen LogP) is 6.73. The molecule has 0 aliphatic heterocycles. The maximum absolute atomic E-state index is 6.03. The molecule has 0 amide bonds. The number of hydrogen-bond acceptors (Lipinski definition) is 6. The van der Waals surface area contributed by atoms with E-state index in [1.54, 1.807) is 12.7 Å². The summed E-state index contributed by atoms with van der Waals surface area (Å²) in [5.41, 5.74) is 3.60. The molecule has 6 nitrogen and oxygen atoms in total. The fourth-order valence-electron chi connectivity index (χ4n) is 3.59. The maximum Gasteiger partial charge on any atom is 0.146 e. The molecule has 32 heavy (non-hydrogen) atoms. The Bertz CT molecular complexity index is 1150. The van der Waals surface area contributed by atoms with E-state index in [-0.39, 0.29) is 0 Å². The van der Waals surface area contributed by atoms with Crippen molar-refractivity contribution in [1.82, 2.24) is 19.9 Å². The van der Waals surface area contributed by atoms with Crippen molar-refractivity contribution in [3.05, 3.63) is 57.3 Å².